The summed E-state index contributed by atoms with van der Waals surface area (Å²) in [5, 5.41) is 0. The molecule has 1 atom stereocenters. The molecule has 0 heterocycles. The molecule has 0 radical (unpaired) electrons. The Morgan fingerprint density at radius 2 is 1.71 bits per heavy atom. The Morgan fingerprint density at radius 1 is 1.00 bits per heavy atom. The predicted octanol–water partition coefficient (Wildman–Crippen LogP) is 2.53. The molecule has 3 N–H and O–H groups in total. The molecule has 0 amide bonds. The van der Waals surface area contributed by atoms with E-state index < -0.39 is 17.7 Å². The maximum absolute atomic E-state index is 13.5. The number of ether oxygens (including phenoxy) is 2. The normalized spacial score (nSPS) is 12.0. The third kappa shape index (κ3) is 3.12. The van der Waals surface area contributed by atoms with E-state index >= 15 is 0 Å². The fraction of sp³-hybridized carbons (Fsp3) is 0.200. The average molecular weight is 294 g/mol. The van der Waals surface area contributed by atoms with E-state index in [2.05, 4.69) is 5.43 Å². The van der Waals surface area contributed by atoms with Gasteiger partial charge in [0.1, 0.15) is 11.6 Å². The van der Waals surface area contributed by atoms with Crippen LogP contribution in [0.5, 0.6) is 11.5 Å². The molecule has 0 spiro atoms. The van der Waals surface area contributed by atoms with Crippen LogP contribution in [-0.2, 0) is 0 Å². The summed E-state index contributed by atoms with van der Waals surface area (Å²) in [6.45, 7) is 0. The first kappa shape index (κ1) is 15.2. The highest BCUT2D eigenvalue weighted by Gasteiger charge is 2.19. The van der Waals surface area contributed by atoms with Gasteiger partial charge in [-0.25, -0.2) is 14.2 Å². The van der Waals surface area contributed by atoms with Crippen molar-refractivity contribution in [2.45, 2.75) is 6.04 Å². The molecule has 112 valence electrons. The second-order valence-corrected chi connectivity index (χ2v) is 4.38. The number of halogens is 2. The van der Waals surface area contributed by atoms with E-state index in [0.717, 1.165) is 0 Å². The lowest BCUT2D eigenvalue weighted by Crippen LogP contribution is -2.29. The molecule has 2 aromatic rings. The molecule has 0 aromatic heterocycles. The summed E-state index contributed by atoms with van der Waals surface area (Å²) < 4.78 is 37.1. The number of methoxy groups -OCH3 is 2. The van der Waals surface area contributed by atoms with Gasteiger partial charge in [-0.3, -0.25) is 5.84 Å². The van der Waals surface area contributed by atoms with Crippen LogP contribution in [0.1, 0.15) is 17.2 Å². The minimum atomic E-state index is -0.565. The van der Waals surface area contributed by atoms with Crippen molar-refractivity contribution >= 4 is 0 Å². The second kappa shape index (κ2) is 6.51. The molecule has 21 heavy (non-hydrogen) atoms. The van der Waals surface area contributed by atoms with Gasteiger partial charge in [0.05, 0.1) is 20.3 Å². The van der Waals surface area contributed by atoms with Crippen LogP contribution < -0.4 is 20.7 Å². The minimum Gasteiger partial charge on any atom is -0.496 e. The van der Waals surface area contributed by atoms with Gasteiger partial charge in [0.15, 0.2) is 11.6 Å². The summed E-state index contributed by atoms with van der Waals surface area (Å²) in [4.78, 5) is 0. The first-order chi connectivity index (χ1) is 10.1. The van der Waals surface area contributed by atoms with Gasteiger partial charge in [-0.05, 0) is 35.9 Å². The Bertz CT molecular complexity index is 635. The molecule has 0 fully saturated rings. The minimum absolute atomic E-state index is 0.0862. The van der Waals surface area contributed by atoms with E-state index in [1.807, 2.05) is 0 Å². The van der Waals surface area contributed by atoms with E-state index in [9.17, 15) is 8.78 Å². The number of benzene rings is 2. The summed E-state index contributed by atoms with van der Waals surface area (Å²) in [5.41, 5.74) is 3.72. The van der Waals surface area contributed by atoms with Crippen molar-refractivity contribution in [1.29, 1.82) is 0 Å². The van der Waals surface area contributed by atoms with Crippen LogP contribution >= 0.6 is 0 Å². The van der Waals surface area contributed by atoms with Crippen molar-refractivity contribution in [1.82, 2.24) is 5.43 Å². The predicted molar refractivity (Wildman–Crippen MR) is 75.1 cm³/mol. The SMILES string of the molecule is COc1cc(C(NN)c2cc(F)ccc2OC)ccc1F. The number of nitrogens with two attached hydrogens (primary N) is 1. The van der Waals surface area contributed by atoms with Crippen LogP contribution in [0.2, 0.25) is 0 Å². The van der Waals surface area contributed by atoms with Gasteiger partial charge in [0.25, 0.3) is 0 Å². The number of hydrazine groups is 1. The molecule has 0 aliphatic rings. The monoisotopic (exact) mass is 294 g/mol. The first-order valence-electron chi connectivity index (χ1n) is 6.23. The number of hydrogen-bond donors (Lipinski definition) is 2. The molecule has 1 unspecified atom stereocenters. The molecular formula is C15H16F2N2O2. The molecule has 4 nitrogen and oxygen atoms in total. The molecule has 0 aliphatic carbocycles. The molecule has 2 rings (SSSR count). The van der Waals surface area contributed by atoms with Crippen LogP contribution in [-0.4, -0.2) is 14.2 Å². The van der Waals surface area contributed by atoms with E-state index in [0.29, 0.717) is 16.9 Å². The van der Waals surface area contributed by atoms with E-state index in [-0.39, 0.29) is 5.75 Å². The quantitative estimate of drug-likeness (QED) is 0.657. The number of nitrogens with one attached hydrogen (secondary N) is 1. The molecule has 2 aromatic carbocycles. The van der Waals surface area contributed by atoms with Gasteiger partial charge in [0, 0.05) is 5.56 Å². The second-order valence-electron chi connectivity index (χ2n) is 4.38. The zero-order chi connectivity index (χ0) is 15.4. The van der Waals surface area contributed by atoms with Gasteiger partial charge >= 0.3 is 0 Å². The molecule has 6 heteroatoms. The van der Waals surface area contributed by atoms with Gasteiger partial charge in [-0.2, -0.15) is 0 Å². The fourth-order valence-electron chi connectivity index (χ4n) is 2.15. The topological polar surface area (TPSA) is 56.5 Å². The summed E-state index contributed by atoms with van der Waals surface area (Å²) >= 11 is 0. The Morgan fingerprint density at radius 3 is 2.33 bits per heavy atom. The van der Waals surface area contributed by atoms with Gasteiger partial charge in [-0.15, -0.1) is 0 Å². The Labute approximate surface area is 121 Å². The van der Waals surface area contributed by atoms with Crippen LogP contribution in [0.4, 0.5) is 8.78 Å². The zero-order valence-corrected chi connectivity index (χ0v) is 11.7. The Balaban J connectivity index is 2.51. The number of rotatable bonds is 5. The van der Waals surface area contributed by atoms with Crippen LogP contribution in [0.3, 0.4) is 0 Å². The lowest BCUT2D eigenvalue weighted by atomic mass is 9.98. The molecule has 0 bridgehead atoms. The van der Waals surface area contributed by atoms with Crippen molar-refractivity contribution < 1.29 is 18.3 Å². The molecule has 0 saturated heterocycles. The van der Waals surface area contributed by atoms with Gasteiger partial charge < -0.3 is 9.47 Å². The molecule has 0 saturated carbocycles. The van der Waals surface area contributed by atoms with Crippen LogP contribution in [0.15, 0.2) is 36.4 Å². The van der Waals surface area contributed by atoms with Crippen molar-refractivity contribution in [2.24, 2.45) is 5.84 Å². The zero-order valence-electron chi connectivity index (χ0n) is 11.7. The summed E-state index contributed by atoms with van der Waals surface area (Å²) in [7, 11) is 2.85. The lowest BCUT2D eigenvalue weighted by molar-refractivity contribution is 0.384. The molecular weight excluding hydrogens is 278 g/mol. The third-order valence-electron chi connectivity index (χ3n) is 3.18. The maximum atomic E-state index is 13.5. The largest absolute Gasteiger partial charge is 0.496 e. The molecule has 0 aliphatic heterocycles. The number of hydrogen-bond acceptors (Lipinski definition) is 4. The smallest absolute Gasteiger partial charge is 0.165 e. The third-order valence-corrected chi connectivity index (χ3v) is 3.18. The Kier molecular flexibility index (Phi) is 4.72. The first-order valence-corrected chi connectivity index (χ1v) is 6.23. The standard InChI is InChI=1S/C15H16F2N2O2/c1-20-13-6-4-10(16)8-11(13)15(19-18)9-3-5-12(17)14(7-9)21-2/h3-8,15,19H,18H2,1-2H3. The average Bonchev–Trinajstić information content (AvgIpc) is 2.50. The fourth-order valence-corrected chi connectivity index (χ4v) is 2.15. The van der Waals surface area contributed by atoms with Gasteiger partial charge in [-0.1, -0.05) is 6.07 Å². The van der Waals surface area contributed by atoms with Crippen molar-refractivity contribution in [3.05, 3.63) is 59.2 Å². The summed E-state index contributed by atoms with van der Waals surface area (Å²) in [6, 6.07) is 7.88. The lowest BCUT2D eigenvalue weighted by Gasteiger charge is -2.20. The van der Waals surface area contributed by atoms with E-state index in [1.165, 1.54) is 44.6 Å². The van der Waals surface area contributed by atoms with Crippen molar-refractivity contribution in [3.63, 3.8) is 0 Å². The van der Waals surface area contributed by atoms with E-state index in [1.54, 1.807) is 6.07 Å². The van der Waals surface area contributed by atoms with Crippen molar-refractivity contribution in [3.8, 4) is 11.5 Å². The highest BCUT2D eigenvalue weighted by atomic mass is 19.1. The van der Waals surface area contributed by atoms with Crippen LogP contribution in [0, 0.1) is 11.6 Å². The Hall–Kier alpha value is -2.18. The van der Waals surface area contributed by atoms with Crippen LogP contribution in [0.25, 0.3) is 0 Å². The maximum Gasteiger partial charge on any atom is 0.165 e. The van der Waals surface area contributed by atoms with Crippen molar-refractivity contribution in [2.75, 3.05) is 14.2 Å². The highest BCUT2D eigenvalue weighted by molar-refractivity contribution is 5.44. The van der Waals surface area contributed by atoms with Gasteiger partial charge in [0.2, 0.25) is 0 Å². The summed E-state index contributed by atoms with van der Waals surface area (Å²) in [6.07, 6.45) is 0. The summed E-state index contributed by atoms with van der Waals surface area (Å²) in [5.74, 6) is 5.24. The van der Waals surface area contributed by atoms with E-state index in [4.69, 9.17) is 15.3 Å². The highest BCUT2D eigenvalue weighted by Crippen LogP contribution is 2.32.